The molecule has 1 heterocycles. The summed E-state index contributed by atoms with van der Waals surface area (Å²) in [6.45, 7) is 7.05. The molecule has 108 valence electrons. The number of nitro benzene ring substituents is 1. The first kappa shape index (κ1) is 14.6. The van der Waals surface area contributed by atoms with Crippen molar-refractivity contribution in [3.05, 3.63) is 52.3 Å². The lowest BCUT2D eigenvalue weighted by molar-refractivity contribution is -0.386. The number of halogens is 1. The molecule has 1 aliphatic heterocycles. The maximum absolute atomic E-state index is 13.3. The van der Waals surface area contributed by atoms with E-state index in [9.17, 15) is 14.5 Å². The van der Waals surface area contributed by atoms with Gasteiger partial charge in [0.2, 0.25) is 0 Å². The minimum absolute atomic E-state index is 0.129. The fourth-order valence-electron chi connectivity index (χ4n) is 2.58. The van der Waals surface area contributed by atoms with Gasteiger partial charge in [-0.1, -0.05) is 6.08 Å². The molecule has 0 aliphatic carbocycles. The summed E-state index contributed by atoms with van der Waals surface area (Å²) in [6.07, 6.45) is 2.35. The van der Waals surface area contributed by atoms with E-state index in [0.29, 0.717) is 12.0 Å². The molecule has 20 heavy (non-hydrogen) atoms. The van der Waals surface area contributed by atoms with E-state index < -0.39 is 10.7 Å². The third-order valence-corrected chi connectivity index (χ3v) is 3.53. The van der Waals surface area contributed by atoms with Crippen LogP contribution in [0.25, 0.3) is 0 Å². The zero-order valence-corrected chi connectivity index (χ0v) is 11.2. The van der Waals surface area contributed by atoms with E-state index in [2.05, 4.69) is 16.8 Å². The summed E-state index contributed by atoms with van der Waals surface area (Å²) in [5.41, 5.74) is 0.397. The Balaban J connectivity index is 2.37. The summed E-state index contributed by atoms with van der Waals surface area (Å²) >= 11 is 0. The predicted molar refractivity (Wildman–Crippen MR) is 75.1 cm³/mol. The molecule has 1 atom stereocenters. The lowest BCUT2D eigenvalue weighted by atomic mass is 9.99. The van der Waals surface area contributed by atoms with Crippen LogP contribution in [0.1, 0.15) is 18.0 Å². The zero-order valence-electron chi connectivity index (χ0n) is 11.2. The van der Waals surface area contributed by atoms with Crippen LogP contribution in [-0.4, -0.2) is 36.0 Å². The van der Waals surface area contributed by atoms with Gasteiger partial charge in [0.1, 0.15) is 5.82 Å². The van der Waals surface area contributed by atoms with Gasteiger partial charge < -0.3 is 5.32 Å². The van der Waals surface area contributed by atoms with Crippen LogP contribution in [0, 0.1) is 15.9 Å². The standard InChI is InChI=1S/C14H18FN3O2/c1-2-3-13(17-8-6-16-7-9-17)12-5-4-11(15)10-14(12)18(19)20/h2,4-5,10,13,16H,1,3,6-9H2/t13-/m0/s1. The van der Waals surface area contributed by atoms with Crippen molar-refractivity contribution in [2.45, 2.75) is 12.5 Å². The molecule has 2 rings (SSSR count). The van der Waals surface area contributed by atoms with Crippen molar-refractivity contribution in [2.24, 2.45) is 0 Å². The number of piperazine rings is 1. The van der Waals surface area contributed by atoms with Crippen molar-refractivity contribution >= 4 is 5.69 Å². The molecule has 0 saturated carbocycles. The molecule has 0 bridgehead atoms. The molecule has 6 heteroatoms. The fourth-order valence-corrected chi connectivity index (χ4v) is 2.58. The van der Waals surface area contributed by atoms with Gasteiger partial charge in [-0.3, -0.25) is 15.0 Å². The molecule has 1 fully saturated rings. The Morgan fingerprint density at radius 1 is 1.50 bits per heavy atom. The van der Waals surface area contributed by atoms with Crippen molar-refractivity contribution in [3.63, 3.8) is 0 Å². The highest BCUT2D eigenvalue weighted by atomic mass is 19.1. The van der Waals surface area contributed by atoms with Gasteiger partial charge >= 0.3 is 0 Å². The van der Waals surface area contributed by atoms with Crippen molar-refractivity contribution in [1.29, 1.82) is 0 Å². The smallest absolute Gasteiger partial charge is 0.277 e. The molecule has 5 nitrogen and oxygen atoms in total. The van der Waals surface area contributed by atoms with E-state index in [1.807, 2.05) is 0 Å². The molecule has 1 aromatic carbocycles. The van der Waals surface area contributed by atoms with Gasteiger partial charge in [0.05, 0.1) is 11.0 Å². The molecule has 0 aromatic heterocycles. The number of rotatable bonds is 5. The second-order valence-electron chi connectivity index (χ2n) is 4.79. The third kappa shape index (κ3) is 3.20. The van der Waals surface area contributed by atoms with Crippen LogP contribution in [0.5, 0.6) is 0 Å². The Morgan fingerprint density at radius 3 is 2.80 bits per heavy atom. The molecule has 1 N–H and O–H groups in total. The van der Waals surface area contributed by atoms with Crippen LogP contribution in [0.2, 0.25) is 0 Å². The SMILES string of the molecule is C=CC[C@@H](c1ccc(F)cc1[N+](=O)[O-])N1CCNCC1. The molecule has 0 unspecified atom stereocenters. The molecule has 0 amide bonds. The van der Waals surface area contributed by atoms with Crippen LogP contribution in [0.4, 0.5) is 10.1 Å². The predicted octanol–water partition coefficient (Wildman–Crippen LogP) is 2.26. The van der Waals surface area contributed by atoms with Gasteiger partial charge in [-0.2, -0.15) is 0 Å². The number of benzene rings is 1. The van der Waals surface area contributed by atoms with Crippen molar-refractivity contribution in [1.82, 2.24) is 10.2 Å². The van der Waals surface area contributed by atoms with E-state index in [-0.39, 0.29) is 11.7 Å². The van der Waals surface area contributed by atoms with Gasteiger partial charge in [-0.05, 0) is 18.6 Å². The van der Waals surface area contributed by atoms with Crippen LogP contribution < -0.4 is 5.32 Å². The van der Waals surface area contributed by atoms with Gasteiger partial charge in [-0.25, -0.2) is 4.39 Å². The Morgan fingerprint density at radius 2 is 2.20 bits per heavy atom. The molecule has 0 radical (unpaired) electrons. The number of nitrogens with zero attached hydrogens (tertiary/aromatic N) is 2. The first-order valence-electron chi connectivity index (χ1n) is 6.63. The molecule has 1 aromatic rings. The highest BCUT2D eigenvalue weighted by molar-refractivity contribution is 5.43. The van der Waals surface area contributed by atoms with Gasteiger partial charge in [0, 0.05) is 37.8 Å². The first-order valence-corrected chi connectivity index (χ1v) is 6.63. The summed E-state index contributed by atoms with van der Waals surface area (Å²) < 4.78 is 13.3. The number of hydrogen-bond donors (Lipinski definition) is 1. The summed E-state index contributed by atoms with van der Waals surface area (Å²) in [6, 6.07) is 3.66. The van der Waals surface area contributed by atoms with Crippen molar-refractivity contribution in [3.8, 4) is 0 Å². The Labute approximate surface area is 117 Å². The number of hydrogen-bond acceptors (Lipinski definition) is 4. The number of nitrogens with one attached hydrogen (secondary N) is 1. The Kier molecular flexibility index (Phi) is 4.81. The summed E-state index contributed by atoms with van der Waals surface area (Å²) in [4.78, 5) is 12.8. The largest absolute Gasteiger partial charge is 0.314 e. The van der Waals surface area contributed by atoms with Crippen LogP contribution in [0.3, 0.4) is 0 Å². The average Bonchev–Trinajstić information content (AvgIpc) is 2.46. The quantitative estimate of drug-likeness (QED) is 0.510. The second-order valence-corrected chi connectivity index (χ2v) is 4.79. The number of nitro groups is 1. The lowest BCUT2D eigenvalue weighted by Gasteiger charge is -2.34. The zero-order chi connectivity index (χ0) is 14.5. The summed E-state index contributed by atoms with van der Waals surface area (Å²) in [5.74, 6) is -0.585. The van der Waals surface area contributed by atoms with E-state index in [0.717, 1.165) is 32.2 Å². The van der Waals surface area contributed by atoms with E-state index in [1.165, 1.54) is 12.1 Å². The van der Waals surface area contributed by atoms with Gasteiger partial charge in [0.25, 0.3) is 5.69 Å². The Hall–Kier alpha value is -1.79. The van der Waals surface area contributed by atoms with Crippen molar-refractivity contribution < 1.29 is 9.31 Å². The van der Waals surface area contributed by atoms with Crippen LogP contribution in [0.15, 0.2) is 30.9 Å². The molecule has 1 saturated heterocycles. The topological polar surface area (TPSA) is 58.4 Å². The van der Waals surface area contributed by atoms with Gasteiger partial charge in [-0.15, -0.1) is 6.58 Å². The molecule has 0 spiro atoms. The highest BCUT2D eigenvalue weighted by Crippen LogP contribution is 2.32. The summed E-state index contributed by atoms with van der Waals surface area (Å²) in [5, 5.41) is 14.4. The lowest BCUT2D eigenvalue weighted by Crippen LogP contribution is -2.45. The first-order chi connectivity index (χ1) is 9.63. The van der Waals surface area contributed by atoms with E-state index in [4.69, 9.17) is 0 Å². The highest BCUT2D eigenvalue weighted by Gasteiger charge is 2.27. The van der Waals surface area contributed by atoms with E-state index in [1.54, 1.807) is 6.08 Å². The Bertz CT molecular complexity index is 501. The third-order valence-electron chi connectivity index (χ3n) is 3.53. The minimum Gasteiger partial charge on any atom is -0.314 e. The minimum atomic E-state index is -0.585. The van der Waals surface area contributed by atoms with Crippen LogP contribution >= 0.6 is 0 Å². The molecular formula is C14H18FN3O2. The maximum atomic E-state index is 13.3. The second kappa shape index (κ2) is 6.58. The maximum Gasteiger partial charge on any atom is 0.277 e. The van der Waals surface area contributed by atoms with Crippen molar-refractivity contribution in [2.75, 3.05) is 26.2 Å². The molecular weight excluding hydrogens is 261 g/mol. The van der Waals surface area contributed by atoms with Crippen LogP contribution in [-0.2, 0) is 0 Å². The monoisotopic (exact) mass is 279 g/mol. The van der Waals surface area contributed by atoms with E-state index >= 15 is 0 Å². The average molecular weight is 279 g/mol. The van der Waals surface area contributed by atoms with Gasteiger partial charge in [0.15, 0.2) is 0 Å². The summed E-state index contributed by atoms with van der Waals surface area (Å²) in [7, 11) is 0. The fraction of sp³-hybridized carbons (Fsp3) is 0.429. The molecule has 1 aliphatic rings. The normalized spacial score (nSPS) is 17.6.